The summed E-state index contributed by atoms with van der Waals surface area (Å²) in [5, 5.41) is 4.18. The summed E-state index contributed by atoms with van der Waals surface area (Å²) >= 11 is 13.9. The van der Waals surface area contributed by atoms with E-state index in [1.807, 2.05) is 12.3 Å². The first kappa shape index (κ1) is 26.4. The fourth-order valence-electron chi connectivity index (χ4n) is 5.82. The first-order valence-corrected chi connectivity index (χ1v) is 14.8. The molecule has 186 valence electrons. The molecule has 1 aliphatic carbocycles. The van der Waals surface area contributed by atoms with Gasteiger partial charge in [-0.3, -0.25) is 9.79 Å². The average molecular weight is 614 g/mol. The van der Waals surface area contributed by atoms with Gasteiger partial charge in [-0.25, -0.2) is 0 Å². The molecule has 0 bridgehead atoms. The van der Waals surface area contributed by atoms with Gasteiger partial charge in [0.15, 0.2) is 0 Å². The number of carbonyl (C=O) groups excluding carboxylic acids is 1. The van der Waals surface area contributed by atoms with Gasteiger partial charge in [0.1, 0.15) is 0 Å². The van der Waals surface area contributed by atoms with Gasteiger partial charge in [-0.1, -0.05) is 49.0 Å². The molecule has 0 saturated carbocycles. The quantitative estimate of drug-likeness (QED) is 0.291. The lowest BCUT2D eigenvalue weighted by atomic mass is 9.76. The zero-order valence-corrected chi connectivity index (χ0v) is 24.2. The lowest BCUT2D eigenvalue weighted by Gasteiger charge is -2.38. The molecule has 1 aromatic rings. The van der Waals surface area contributed by atoms with E-state index in [0.717, 1.165) is 74.2 Å². The molecule has 0 radical (unpaired) electrons. The van der Waals surface area contributed by atoms with Crippen molar-refractivity contribution in [1.29, 1.82) is 0 Å². The van der Waals surface area contributed by atoms with E-state index in [9.17, 15) is 4.79 Å². The number of nitrogens with one attached hydrogen (secondary N) is 1. The fourth-order valence-corrected chi connectivity index (χ4v) is 7.06. The molecule has 0 aromatic heterocycles. The molecule has 1 amide bonds. The van der Waals surface area contributed by atoms with Gasteiger partial charge in [0.25, 0.3) is 0 Å². The third kappa shape index (κ3) is 6.35. The molecule has 2 atom stereocenters. The minimum atomic E-state index is 0.216. The number of amides is 1. The molecule has 2 saturated heterocycles. The highest BCUT2D eigenvalue weighted by molar-refractivity contribution is 9.10. The largest absolute Gasteiger partial charge is 0.343 e. The molecule has 0 spiro atoms. The Balaban J connectivity index is 1.56. The summed E-state index contributed by atoms with van der Waals surface area (Å²) in [6.45, 7) is 8.11. The molecule has 2 fully saturated rings. The van der Waals surface area contributed by atoms with Gasteiger partial charge in [-0.15, -0.1) is 0 Å². The van der Waals surface area contributed by atoms with Crippen LogP contribution in [-0.4, -0.2) is 48.0 Å². The number of carbonyl (C=O) groups is 1. The molecule has 2 heterocycles. The van der Waals surface area contributed by atoms with Crippen molar-refractivity contribution < 1.29 is 4.79 Å². The molecule has 34 heavy (non-hydrogen) atoms. The van der Waals surface area contributed by atoms with Crippen LogP contribution in [0.5, 0.6) is 0 Å². The van der Waals surface area contributed by atoms with Gasteiger partial charge in [0, 0.05) is 51.7 Å². The molecule has 7 heteroatoms. The minimum Gasteiger partial charge on any atom is -0.343 e. The van der Waals surface area contributed by atoms with Crippen molar-refractivity contribution in [1.82, 2.24) is 10.2 Å². The summed E-state index contributed by atoms with van der Waals surface area (Å²) in [6, 6.07) is 4.17. The number of benzene rings is 1. The van der Waals surface area contributed by atoms with Crippen molar-refractivity contribution in [2.75, 3.05) is 26.2 Å². The Bertz CT molecular complexity index is 947. The second kappa shape index (κ2) is 12.0. The summed E-state index contributed by atoms with van der Waals surface area (Å²) in [7, 11) is 0. The summed E-state index contributed by atoms with van der Waals surface area (Å²) in [5.41, 5.74) is 5.23. The van der Waals surface area contributed by atoms with E-state index in [4.69, 9.17) is 16.6 Å². The maximum absolute atomic E-state index is 13.0. The summed E-state index contributed by atoms with van der Waals surface area (Å²) in [6.07, 6.45) is 8.95. The monoisotopic (exact) mass is 611 g/mol. The Morgan fingerprint density at radius 2 is 1.94 bits per heavy atom. The Kier molecular flexibility index (Phi) is 9.33. The van der Waals surface area contributed by atoms with Crippen LogP contribution in [0.3, 0.4) is 0 Å². The second-order valence-electron chi connectivity index (χ2n) is 10.2. The predicted molar refractivity (Wildman–Crippen MR) is 149 cm³/mol. The smallest absolute Gasteiger partial charge is 0.222 e. The van der Waals surface area contributed by atoms with E-state index in [0.29, 0.717) is 24.2 Å². The number of aryl methyl sites for hydroxylation is 1. The van der Waals surface area contributed by atoms with E-state index >= 15 is 0 Å². The Morgan fingerprint density at radius 3 is 2.62 bits per heavy atom. The molecule has 2 unspecified atom stereocenters. The number of nitrogens with zero attached hydrogens (tertiary/aromatic N) is 2. The molecule has 4 nitrogen and oxygen atoms in total. The number of halogens is 3. The van der Waals surface area contributed by atoms with Gasteiger partial charge in [0.2, 0.25) is 5.91 Å². The van der Waals surface area contributed by atoms with Crippen molar-refractivity contribution in [3.8, 4) is 0 Å². The van der Waals surface area contributed by atoms with Gasteiger partial charge < -0.3 is 10.2 Å². The zero-order chi connectivity index (χ0) is 24.2. The van der Waals surface area contributed by atoms with E-state index in [2.05, 4.69) is 62.0 Å². The fraction of sp³-hybridized carbons (Fsp3) is 0.630. The van der Waals surface area contributed by atoms with Gasteiger partial charge in [-0.2, -0.15) is 0 Å². The van der Waals surface area contributed by atoms with Crippen LogP contribution in [0.4, 0.5) is 0 Å². The van der Waals surface area contributed by atoms with E-state index in [1.165, 1.54) is 22.4 Å². The molecule has 4 rings (SSSR count). The SMILES string of the molecule is CC1=C(N=CC(C)Br)C(C2CCN(C(=O)CC3CCNCC3)CC2)c2c(Br)cc(Cl)cc2CC1. The van der Waals surface area contributed by atoms with E-state index in [1.54, 1.807) is 0 Å². The van der Waals surface area contributed by atoms with Crippen molar-refractivity contribution in [3.63, 3.8) is 0 Å². The average Bonchev–Trinajstić information content (AvgIpc) is 2.95. The lowest BCUT2D eigenvalue weighted by Crippen LogP contribution is -2.41. The van der Waals surface area contributed by atoms with Gasteiger partial charge in [0.05, 0.1) is 0 Å². The molecule has 1 N–H and O–H groups in total. The van der Waals surface area contributed by atoms with Crippen LogP contribution in [0, 0.1) is 11.8 Å². The van der Waals surface area contributed by atoms with Gasteiger partial charge in [-0.05, 0) is 101 Å². The topological polar surface area (TPSA) is 44.7 Å². The van der Waals surface area contributed by atoms with Crippen molar-refractivity contribution in [2.45, 2.75) is 69.5 Å². The Hall–Kier alpha value is -0.690. The van der Waals surface area contributed by atoms with E-state index in [-0.39, 0.29) is 10.7 Å². The number of allylic oxidation sites excluding steroid dienone is 2. The van der Waals surface area contributed by atoms with Crippen LogP contribution in [-0.2, 0) is 11.2 Å². The first-order chi connectivity index (χ1) is 16.3. The number of piperidine rings is 2. The third-order valence-electron chi connectivity index (χ3n) is 7.70. The predicted octanol–water partition coefficient (Wildman–Crippen LogP) is 6.89. The number of alkyl halides is 1. The molecule has 3 aliphatic rings. The summed E-state index contributed by atoms with van der Waals surface area (Å²) < 4.78 is 1.08. The molecular weight excluding hydrogens is 578 g/mol. The van der Waals surface area contributed by atoms with Crippen LogP contribution >= 0.6 is 43.5 Å². The first-order valence-electron chi connectivity index (χ1n) is 12.7. The highest BCUT2D eigenvalue weighted by atomic mass is 79.9. The maximum atomic E-state index is 13.0. The molecular formula is C27H36Br2ClN3O. The van der Waals surface area contributed by atoms with E-state index < -0.39 is 0 Å². The Morgan fingerprint density at radius 1 is 1.24 bits per heavy atom. The van der Waals surface area contributed by atoms with Crippen molar-refractivity contribution >= 4 is 55.6 Å². The van der Waals surface area contributed by atoms with Crippen molar-refractivity contribution in [2.24, 2.45) is 16.8 Å². The number of likely N-dealkylation sites (tertiary alicyclic amines) is 1. The van der Waals surface area contributed by atoms with Crippen LogP contribution in [0.25, 0.3) is 0 Å². The number of rotatable bonds is 5. The highest BCUT2D eigenvalue weighted by Gasteiger charge is 2.36. The van der Waals surface area contributed by atoms with Crippen molar-refractivity contribution in [3.05, 3.63) is 44.0 Å². The lowest BCUT2D eigenvalue weighted by molar-refractivity contribution is -0.133. The van der Waals surface area contributed by atoms with Crippen LogP contribution in [0.2, 0.25) is 5.02 Å². The number of hydrogen-bond donors (Lipinski definition) is 1. The molecule has 2 aliphatic heterocycles. The maximum Gasteiger partial charge on any atom is 0.222 e. The van der Waals surface area contributed by atoms with Gasteiger partial charge >= 0.3 is 0 Å². The van der Waals surface area contributed by atoms with Crippen LogP contribution < -0.4 is 5.32 Å². The molecule has 1 aromatic carbocycles. The highest BCUT2D eigenvalue weighted by Crippen LogP contribution is 2.47. The van der Waals surface area contributed by atoms with Crippen LogP contribution in [0.1, 0.15) is 69.4 Å². The third-order valence-corrected chi connectivity index (χ3v) is 8.81. The minimum absolute atomic E-state index is 0.216. The number of hydrogen-bond acceptors (Lipinski definition) is 3. The summed E-state index contributed by atoms with van der Waals surface area (Å²) in [4.78, 5) is 20.4. The zero-order valence-electron chi connectivity index (χ0n) is 20.3. The summed E-state index contributed by atoms with van der Waals surface area (Å²) in [5.74, 6) is 1.55. The number of aliphatic imine (C=N–C) groups is 1. The normalized spacial score (nSPS) is 23.8. The van der Waals surface area contributed by atoms with Crippen LogP contribution in [0.15, 0.2) is 32.9 Å². The second-order valence-corrected chi connectivity index (χ2v) is 12.9. The Labute approximate surface area is 226 Å². The number of fused-ring (bicyclic) bond motifs is 1. The standard InChI is InChI=1S/C27H36Br2ClN3O/c1-17-3-4-21-14-22(30)15-23(29)25(21)26(27(17)32-16-18(2)28)20-7-11-33(12-8-20)24(34)13-19-5-9-31-10-6-19/h14-16,18-20,26,31H,3-13H2,1-2H3.